The van der Waals surface area contributed by atoms with Gasteiger partial charge in [0.2, 0.25) is 0 Å². The molecular weight excluding hydrogens is 304 g/mol. The lowest BCUT2D eigenvalue weighted by atomic mass is 9.66. The molecule has 0 rings (SSSR count). The molecule has 0 bridgehead atoms. The van der Waals surface area contributed by atoms with E-state index in [9.17, 15) is 5.11 Å². The fourth-order valence-electron chi connectivity index (χ4n) is 4.84. The van der Waals surface area contributed by atoms with Crippen molar-refractivity contribution in [3.05, 3.63) is 0 Å². The summed E-state index contributed by atoms with van der Waals surface area (Å²) < 4.78 is 0. The van der Waals surface area contributed by atoms with E-state index in [-0.39, 0.29) is 0 Å². The van der Waals surface area contributed by atoms with E-state index in [1.54, 1.807) is 0 Å². The molecule has 0 aromatic heterocycles. The highest BCUT2D eigenvalue weighted by Gasteiger charge is 2.42. The van der Waals surface area contributed by atoms with E-state index in [2.05, 4.69) is 48.5 Å². The van der Waals surface area contributed by atoms with E-state index >= 15 is 0 Å². The van der Waals surface area contributed by atoms with Crippen molar-refractivity contribution < 1.29 is 5.11 Å². The predicted octanol–water partition coefficient (Wildman–Crippen LogP) is 8.00. The summed E-state index contributed by atoms with van der Waals surface area (Å²) in [6, 6.07) is 0. The molecule has 0 saturated carbocycles. The first-order chi connectivity index (χ1) is 11.8. The number of aliphatic hydroxyl groups is 1. The Balaban J connectivity index is 4.02. The van der Waals surface area contributed by atoms with Crippen molar-refractivity contribution >= 4 is 0 Å². The Hall–Kier alpha value is -0.0400. The molecule has 0 saturated heterocycles. The topological polar surface area (TPSA) is 20.2 Å². The van der Waals surface area contributed by atoms with Crippen LogP contribution >= 0.6 is 0 Å². The van der Waals surface area contributed by atoms with Crippen molar-refractivity contribution in [3.63, 3.8) is 0 Å². The number of rotatable bonds is 16. The van der Waals surface area contributed by atoms with Gasteiger partial charge in [-0.05, 0) is 30.1 Å². The SMILES string of the molecule is CCCCCCCCCCCCCC(O)(C(C)C)C(C(C)C)C(C)C. The van der Waals surface area contributed by atoms with Gasteiger partial charge in [-0.25, -0.2) is 0 Å². The van der Waals surface area contributed by atoms with Crippen LogP contribution in [-0.4, -0.2) is 10.7 Å². The quantitative estimate of drug-likeness (QED) is 0.278. The molecular formula is C24H50O. The molecule has 0 aromatic rings. The van der Waals surface area contributed by atoms with E-state index in [1.807, 2.05) is 0 Å². The Bertz CT molecular complexity index is 286. The summed E-state index contributed by atoms with van der Waals surface area (Å²) in [5, 5.41) is 11.4. The van der Waals surface area contributed by atoms with E-state index in [0.29, 0.717) is 23.7 Å². The third-order valence-electron chi connectivity index (χ3n) is 6.19. The molecule has 1 unspecified atom stereocenters. The van der Waals surface area contributed by atoms with Gasteiger partial charge in [0.05, 0.1) is 5.60 Å². The number of hydrogen-bond acceptors (Lipinski definition) is 1. The van der Waals surface area contributed by atoms with Gasteiger partial charge in [-0.1, -0.05) is 119 Å². The Labute approximate surface area is 160 Å². The van der Waals surface area contributed by atoms with Gasteiger partial charge < -0.3 is 5.11 Å². The molecule has 1 atom stereocenters. The summed E-state index contributed by atoms with van der Waals surface area (Å²) in [5.74, 6) is 1.82. The third kappa shape index (κ3) is 10.0. The molecule has 0 amide bonds. The van der Waals surface area contributed by atoms with Gasteiger partial charge >= 0.3 is 0 Å². The fraction of sp³-hybridized carbons (Fsp3) is 1.00. The Morgan fingerprint density at radius 3 is 1.28 bits per heavy atom. The zero-order chi connectivity index (χ0) is 19.3. The van der Waals surface area contributed by atoms with Crippen LogP contribution in [-0.2, 0) is 0 Å². The Morgan fingerprint density at radius 1 is 0.600 bits per heavy atom. The summed E-state index contributed by atoms with van der Waals surface area (Å²) >= 11 is 0. The lowest BCUT2D eigenvalue weighted by molar-refractivity contribution is -0.0989. The van der Waals surface area contributed by atoms with Crippen LogP contribution in [0.2, 0.25) is 0 Å². The van der Waals surface area contributed by atoms with Gasteiger partial charge in [-0.2, -0.15) is 0 Å². The van der Waals surface area contributed by atoms with E-state index < -0.39 is 5.60 Å². The summed E-state index contributed by atoms with van der Waals surface area (Å²) in [4.78, 5) is 0. The molecule has 1 N–H and O–H groups in total. The van der Waals surface area contributed by atoms with Gasteiger partial charge in [-0.15, -0.1) is 0 Å². The van der Waals surface area contributed by atoms with Crippen molar-refractivity contribution in [3.8, 4) is 0 Å². The van der Waals surface area contributed by atoms with Crippen molar-refractivity contribution in [1.82, 2.24) is 0 Å². The molecule has 0 heterocycles. The molecule has 0 aliphatic rings. The zero-order valence-electron chi connectivity index (χ0n) is 18.7. The van der Waals surface area contributed by atoms with Crippen LogP contribution in [0.1, 0.15) is 126 Å². The average Bonchev–Trinajstić information content (AvgIpc) is 2.51. The minimum absolute atomic E-state index is 0.338. The maximum atomic E-state index is 11.4. The van der Waals surface area contributed by atoms with Gasteiger partial charge in [0.1, 0.15) is 0 Å². The molecule has 0 aromatic carbocycles. The predicted molar refractivity (Wildman–Crippen MR) is 114 cm³/mol. The maximum absolute atomic E-state index is 11.4. The molecule has 0 radical (unpaired) electrons. The average molecular weight is 355 g/mol. The largest absolute Gasteiger partial charge is 0.389 e. The second-order valence-electron chi connectivity index (χ2n) is 9.45. The van der Waals surface area contributed by atoms with Crippen LogP contribution in [0.3, 0.4) is 0 Å². The Morgan fingerprint density at radius 2 is 0.960 bits per heavy atom. The Kier molecular flexibility index (Phi) is 14.0. The van der Waals surface area contributed by atoms with Crippen LogP contribution in [0.4, 0.5) is 0 Å². The van der Waals surface area contributed by atoms with Gasteiger partial charge in [0.15, 0.2) is 0 Å². The summed E-state index contributed by atoms with van der Waals surface area (Å²) in [6.45, 7) is 15.8. The van der Waals surface area contributed by atoms with Crippen LogP contribution in [0.25, 0.3) is 0 Å². The summed E-state index contributed by atoms with van der Waals surface area (Å²) in [7, 11) is 0. The third-order valence-corrected chi connectivity index (χ3v) is 6.19. The molecule has 0 aliphatic heterocycles. The summed E-state index contributed by atoms with van der Waals surface area (Å²) in [6.07, 6.45) is 16.0. The molecule has 1 heteroatoms. The van der Waals surface area contributed by atoms with Crippen LogP contribution in [0.5, 0.6) is 0 Å². The molecule has 1 nitrogen and oxygen atoms in total. The zero-order valence-corrected chi connectivity index (χ0v) is 18.7. The number of hydrogen-bond donors (Lipinski definition) is 1. The maximum Gasteiger partial charge on any atom is 0.0703 e. The van der Waals surface area contributed by atoms with E-state index in [4.69, 9.17) is 0 Å². The van der Waals surface area contributed by atoms with Crippen LogP contribution < -0.4 is 0 Å². The normalized spacial score (nSPS) is 14.9. The minimum Gasteiger partial charge on any atom is -0.389 e. The highest BCUT2D eigenvalue weighted by molar-refractivity contribution is 4.92. The van der Waals surface area contributed by atoms with Crippen molar-refractivity contribution in [2.45, 2.75) is 131 Å². The first-order valence-corrected chi connectivity index (χ1v) is 11.5. The minimum atomic E-state index is -0.498. The van der Waals surface area contributed by atoms with Crippen molar-refractivity contribution in [1.29, 1.82) is 0 Å². The lowest BCUT2D eigenvalue weighted by Crippen LogP contribution is -2.47. The monoisotopic (exact) mass is 354 g/mol. The van der Waals surface area contributed by atoms with Gasteiger partial charge in [0.25, 0.3) is 0 Å². The first-order valence-electron chi connectivity index (χ1n) is 11.5. The molecule has 0 aliphatic carbocycles. The summed E-state index contributed by atoms with van der Waals surface area (Å²) in [5.41, 5.74) is -0.498. The first kappa shape index (κ1) is 25.0. The molecule has 0 spiro atoms. The van der Waals surface area contributed by atoms with Crippen molar-refractivity contribution in [2.24, 2.45) is 23.7 Å². The van der Waals surface area contributed by atoms with Gasteiger partial charge in [0, 0.05) is 0 Å². The smallest absolute Gasteiger partial charge is 0.0703 e. The molecule has 0 fully saturated rings. The molecule has 25 heavy (non-hydrogen) atoms. The highest BCUT2D eigenvalue weighted by atomic mass is 16.3. The number of unbranched alkanes of at least 4 members (excludes halogenated alkanes) is 10. The van der Waals surface area contributed by atoms with Crippen molar-refractivity contribution in [2.75, 3.05) is 0 Å². The van der Waals surface area contributed by atoms with Crippen LogP contribution in [0.15, 0.2) is 0 Å². The van der Waals surface area contributed by atoms with E-state index in [1.165, 1.54) is 70.6 Å². The van der Waals surface area contributed by atoms with E-state index in [0.717, 1.165) is 6.42 Å². The highest BCUT2D eigenvalue weighted by Crippen LogP contribution is 2.40. The molecule has 152 valence electrons. The second kappa shape index (κ2) is 14.1. The standard InChI is InChI=1S/C24H50O/c1-8-9-10-11-12-13-14-15-16-17-18-19-24(25,22(6)7)23(20(2)3)21(4)5/h20-23,25H,8-19H2,1-7H3. The lowest BCUT2D eigenvalue weighted by Gasteiger charge is -2.44. The second-order valence-corrected chi connectivity index (χ2v) is 9.45. The fourth-order valence-corrected chi connectivity index (χ4v) is 4.84. The van der Waals surface area contributed by atoms with Gasteiger partial charge in [-0.3, -0.25) is 0 Å². The van der Waals surface area contributed by atoms with Crippen LogP contribution in [0, 0.1) is 23.7 Å².